The van der Waals surface area contributed by atoms with E-state index in [-0.39, 0.29) is 11.8 Å². The highest BCUT2D eigenvalue weighted by molar-refractivity contribution is 5.78. The first-order chi connectivity index (χ1) is 7.86. The molecule has 1 aromatic rings. The SMILES string of the molecule is O=C(NCCc1nn[nH]n1)C1CCCCC1. The Morgan fingerprint density at radius 1 is 1.38 bits per heavy atom. The largest absolute Gasteiger partial charge is 0.355 e. The fraction of sp³-hybridized carbons (Fsp3) is 0.800. The van der Waals surface area contributed by atoms with Crippen molar-refractivity contribution in [2.75, 3.05) is 6.54 Å². The number of nitrogens with zero attached hydrogens (tertiary/aromatic N) is 3. The Balaban J connectivity index is 1.67. The van der Waals surface area contributed by atoms with Gasteiger partial charge in [0.15, 0.2) is 5.82 Å². The molecular formula is C10H17N5O. The Kier molecular flexibility index (Phi) is 3.85. The Morgan fingerprint density at radius 2 is 2.19 bits per heavy atom. The number of tetrazole rings is 1. The van der Waals surface area contributed by atoms with E-state index in [2.05, 4.69) is 25.9 Å². The lowest BCUT2D eigenvalue weighted by Crippen LogP contribution is -2.33. The molecule has 0 unspecified atom stereocenters. The summed E-state index contributed by atoms with van der Waals surface area (Å²) < 4.78 is 0. The molecule has 0 atom stereocenters. The lowest BCUT2D eigenvalue weighted by molar-refractivity contribution is -0.125. The Labute approximate surface area is 94.2 Å². The van der Waals surface area contributed by atoms with Crippen LogP contribution in [-0.4, -0.2) is 33.1 Å². The molecule has 88 valence electrons. The Hall–Kier alpha value is -1.46. The van der Waals surface area contributed by atoms with Gasteiger partial charge in [0.25, 0.3) is 0 Å². The van der Waals surface area contributed by atoms with Crippen LogP contribution in [-0.2, 0) is 11.2 Å². The third kappa shape index (κ3) is 3.01. The van der Waals surface area contributed by atoms with E-state index >= 15 is 0 Å². The van der Waals surface area contributed by atoms with E-state index in [0.717, 1.165) is 12.8 Å². The van der Waals surface area contributed by atoms with Crippen LogP contribution in [0.3, 0.4) is 0 Å². The Bertz CT molecular complexity index is 318. The molecule has 0 spiro atoms. The average Bonchev–Trinajstić information content (AvgIpc) is 2.83. The predicted molar refractivity (Wildman–Crippen MR) is 57.5 cm³/mol. The summed E-state index contributed by atoms with van der Waals surface area (Å²) in [6, 6.07) is 0. The first kappa shape index (κ1) is 11.0. The second-order valence-electron chi connectivity index (χ2n) is 4.20. The van der Waals surface area contributed by atoms with Crippen molar-refractivity contribution in [3.63, 3.8) is 0 Å². The van der Waals surface area contributed by atoms with Crippen LogP contribution in [0.25, 0.3) is 0 Å². The fourth-order valence-electron chi connectivity index (χ4n) is 2.10. The highest BCUT2D eigenvalue weighted by atomic mass is 16.1. The molecule has 0 radical (unpaired) electrons. The summed E-state index contributed by atoms with van der Waals surface area (Å²) in [5.41, 5.74) is 0. The molecule has 1 heterocycles. The summed E-state index contributed by atoms with van der Waals surface area (Å²) in [6.07, 6.45) is 6.34. The lowest BCUT2D eigenvalue weighted by atomic mass is 9.89. The van der Waals surface area contributed by atoms with Crippen LogP contribution in [0.1, 0.15) is 37.9 Å². The van der Waals surface area contributed by atoms with Crippen LogP contribution in [0.5, 0.6) is 0 Å². The highest BCUT2D eigenvalue weighted by Crippen LogP contribution is 2.23. The minimum absolute atomic E-state index is 0.184. The quantitative estimate of drug-likeness (QED) is 0.775. The molecule has 1 aliphatic carbocycles. The minimum atomic E-state index is 0.184. The van der Waals surface area contributed by atoms with E-state index in [9.17, 15) is 4.79 Å². The molecule has 2 rings (SSSR count). The van der Waals surface area contributed by atoms with Crippen LogP contribution < -0.4 is 5.32 Å². The summed E-state index contributed by atoms with van der Waals surface area (Å²) in [6.45, 7) is 0.592. The van der Waals surface area contributed by atoms with Gasteiger partial charge in [-0.15, -0.1) is 10.2 Å². The lowest BCUT2D eigenvalue weighted by Gasteiger charge is -2.20. The molecule has 6 heteroatoms. The van der Waals surface area contributed by atoms with Gasteiger partial charge in [-0.1, -0.05) is 24.5 Å². The van der Waals surface area contributed by atoms with Gasteiger partial charge in [0.2, 0.25) is 5.91 Å². The van der Waals surface area contributed by atoms with Gasteiger partial charge in [-0.25, -0.2) is 0 Å². The van der Waals surface area contributed by atoms with E-state index in [1.807, 2.05) is 0 Å². The number of aromatic nitrogens is 4. The Morgan fingerprint density at radius 3 is 2.88 bits per heavy atom. The number of hydrogen-bond donors (Lipinski definition) is 2. The van der Waals surface area contributed by atoms with Gasteiger partial charge >= 0.3 is 0 Å². The van der Waals surface area contributed by atoms with Crippen LogP contribution in [0, 0.1) is 5.92 Å². The number of hydrogen-bond acceptors (Lipinski definition) is 4. The third-order valence-corrected chi connectivity index (χ3v) is 3.01. The summed E-state index contributed by atoms with van der Waals surface area (Å²) in [5, 5.41) is 16.4. The fourth-order valence-corrected chi connectivity index (χ4v) is 2.10. The summed E-state index contributed by atoms with van der Waals surface area (Å²) in [4.78, 5) is 11.8. The number of aromatic amines is 1. The number of nitrogens with one attached hydrogen (secondary N) is 2. The number of H-pyrrole nitrogens is 1. The molecule has 1 aromatic heterocycles. The van der Waals surface area contributed by atoms with Gasteiger partial charge in [0, 0.05) is 18.9 Å². The van der Waals surface area contributed by atoms with Crippen molar-refractivity contribution in [2.45, 2.75) is 38.5 Å². The molecule has 6 nitrogen and oxygen atoms in total. The molecule has 1 amide bonds. The normalized spacial score (nSPS) is 17.2. The molecule has 2 N–H and O–H groups in total. The number of amides is 1. The van der Waals surface area contributed by atoms with E-state index in [0.29, 0.717) is 18.8 Å². The molecule has 0 aromatic carbocycles. The number of carbonyl (C=O) groups excluding carboxylic acids is 1. The minimum Gasteiger partial charge on any atom is -0.355 e. The first-order valence-electron chi connectivity index (χ1n) is 5.86. The second kappa shape index (κ2) is 5.58. The smallest absolute Gasteiger partial charge is 0.223 e. The topological polar surface area (TPSA) is 83.6 Å². The molecule has 16 heavy (non-hydrogen) atoms. The van der Waals surface area contributed by atoms with Crippen LogP contribution >= 0.6 is 0 Å². The van der Waals surface area contributed by atoms with E-state index < -0.39 is 0 Å². The molecule has 0 saturated heterocycles. The van der Waals surface area contributed by atoms with Crippen molar-refractivity contribution >= 4 is 5.91 Å². The van der Waals surface area contributed by atoms with Crippen molar-refractivity contribution in [1.29, 1.82) is 0 Å². The van der Waals surface area contributed by atoms with Crippen molar-refractivity contribution in [1.82, 2.24) is 25.9 Å². The standard InChI is InChI=1S/C10H17N5O/c16-10(8-4-2-1-3-5-8)11-7-6-9-12-14-15-13-9/h8H,1-7H2,(H,11,16)(H,12,13,14,15). The van der Waals surface area contributed by atoms with Gasteiger partial charge in [-0.05, 0) is 12.8 Å². The maximum atomic E-state index is 11.8. The number of carbonyl (C=O) groups is 1. The van der Waals surface area contributed by atoms with Crippen LogP contribution in [0.15, 0.2) is 0 Å². The van der Waals surface area contributed by atoms with Gasteiger partial charge in [-0.2, -0.15) is 5.21 Å². The van der Waals surface area contributed by atoms with Gasteiger partial charge in [0.1, 0.15) is 0 Å². The zero-order chi connectivity index (χ0) is 11.2. The van der Waals surface area contributed by atoms with Crippen molar-refractivity contribution in [3.8, 4) is 0 Å². The second-order valence-corrected chi connectivity index (χ2v) is 4.20. The van der Waals surface area contributed by atoms with Crippen molar-refractivity contribution < 1.29 is 4.79 Å². The maximum absolute atomic E-state index is 11.8. The average molecular weight is 223 g/mol. The van der Waals surface area contributed by atoms with Gasteiger partial charge < -0.3 is 5.32 Å². The highest BCUT2D eigenvalue weighted by Gasteiger charge is 2.20. The maximum Gasteiger partial charge on any atom is 0.223 e. The summed E-state index contributed by atoms with van der Waals surface area (Å²) in [5.74, 6) is 1.05. The molecule has 1 saturated carbocycles. The first-order valence-corrected chi connectivity index (χ1v) is 5.86. The predicted octanol–water partition coefficient (Wildman–Crippen LogP) is 0.439. The zero-order valence-electron chi connectivity index (χ0n) is 9.28. The monoisotopic (exact) mass is 223 g/mol. The molecular weight excluding hydrogens is 206 g/mol. The molecule has 0 aliphatic heterocycles. The van der Waals surface area contributed by atoms with Gasteiger partial charge in [0.05, 0.1) is 0 Å². The molecule has 1 fully saturated rings. The summed E-state index contributed by atoms with van der Waals surface area (Å²) >= 11 is 0. The van der Waals surface area contributed by atoms with E-state index in [1.165, 1.54) is 19.3 Å². The molecule has 0 bridgehead atoms. The van der Waals surface area contributed by atoms with Crippen LogP contribution in [0.2, 0.25) is 0 Å². The number of rotatable bonds is 4. The zero-order valence-corrected chi connectivity index (χ0v) is 9.28. The summed E-state index contributed by atoms with van der Waals surface area (Å²) in [7, 11) is 0. The van der Waals surface area contributed by atoms with Crippen molar-refractivity contribution in [3.05, 3.63) is 5.82 Å². The van der Waals surface area contributed by atoms with Gasteiger partial charge in [-0.3, -0.25) is 4.79 Å². The molecule has 1 aliphatic rings. The third-order valence-electron chi connectivity index (χ3n) is 3.01. The van der Waals surface area contributed by atoms with E-state index in [4.69, 9.17) is 0 Å². The van der Waals surface area contributed by atoms with Crippen molar-refractivity contribution in [2.24, 2.45) is 5.92 Å². The van der Waals surface area contributed by atoms with E-state index in [1.54, 1.807) is 0 Å². The van der Waals surface area contributed by atoms with Crippen LogP contribution in [0.4, 0.5) is 0 Å².